The molecule has 1 aliphatic heterocycles. The lowest BCUT2D eigenvalue weighted by atomic mass is 9.94. The maximum Gasteiger partial charge on any atom is 0.0564 e. The molecule has 3 heteroatoms. The van der Waals surface area contributed by atoms with Gasteiger partial charge in [0.2, 0.25) is 0 Å². The maximum atomic E-state index is 9.50. The van der Waals surface area contributed by atoms with Crippen LogP contribution in [0, 0.1) is 5.92 Å². The number of hydrogen-bond donors (Lipinski definition) is 2. The molecule has 2 atom stereocenters. The lowest BCUT2D eigenvalue weighted by Crippen LogP contribution is -2.40. The molecule has 0 radical (unpaired) electrons. The van der Waals surface area contributed by atoms with E-state index < -0.39 is 0 Å². The Morgan fingerprint density at radius 3 is 2.50 bits per heavy atom. The fraction of sp³-hybridized carbons (Fsp3) is 0.600. The van der Waals surface area contributed by atoms with E-state index in [-0.39, 0.29) is 12.1 Å². The Labute approximate surface area is 110 Å². The van der Waals surface area contributed by atoms with Gasteiger partial charge in [-0.3, -0.25) is 0 Å². The van der Waals surface area contributed by atoms with Crippen molar-refractivity contribution in [2.45, 2.75) is 31.9 Å². The van der Waals surface area contributed by atoms with Gasteiger partial charge >= 0.3 is 0 Å². The van der Waals surface area contributed by atoms with Gasteiger partial charge in [0, 0.05) is 25.7 Å². The molecule has 100 valence electrons. The molecule has 1 aromatic carbocycles. The minimum Gasteiger partial charge on any atom is -0.393 e. The van der Waals surface area contributed by atoms with Gasteiger partial charge in [-0.1, -0.05) is 37.3 Å². The first-order valence-corrected chi connectivity index (χ1v) is 6.88. The van der Waals surface area contributed by atoms with Crippen molar-refractivity contribution in [2.75, 3.05) is 19.6 Å². The third kappa shape index (κ3) is 3.55. The molecule has 1 saturated heterocycles. The summed E-state index contributed by atoms with van der Waals surface area (Å²) in [4.78, 5) is 2.42. The molecule has 0 amide bonds. The van der Waals surface area contributed by atoms with Crippen LogP contribution in [0.1, 0.15) is 31.4 Å². The fourth-order valence-electron chi connectivity index (χ4n) is 2.63. The molecule has 3 nitrogen and oxygen atoms in total. The zero-order valence-corrected chi connectivity index (χ0v) is 11.1. The molecule has 18 heavy (non-hydrogen) atoms. The van der Waals surface area contributed by atoms with Gasteiger partial charge in [0.25, 0.3) is 0 Å². The van der Waals surface area contributed by atoms with Gasteiger partial charge in [0.15, 0.2) is 0 Å². The molecule has 0 spiro atoms. The molecule has 1 fully saturated rings. The first kappa shape index (κ1) is 13.5. The average molecular weight is 248 g/mol. The summed E-state index contributed by atoms with van der Waals surface area (Å²) < 4.78 is 0. The third-order valence-corrected chi connectivity index (χ3v) is 3.90. The fourth-order valence-corrected chi connectivity index (χ4v) is 2.63. The zero-order valence-electron chi connectivity index (χ0n) is 11.1. The molecular weight excluding hydrogens is 224 g/mol. The van der Waals surface area contributed by atoms with Gasteiger partial charge in [-0.15, -0.1) is 0 Å². The summed E-state index contributed by atoms with van der Waals surface area (Å²) in [5.41, 5.74) is 7.52. The van der Waals surface area contributed by atoms with Gasteiger partial charge in [-0.25, -0.2) is 0 Å². The van der Waals surface area contributed by atoms with Gasteiger partial charge in [0.05, 0.1) is 6.10 Å². The minimum absolute atomic E-state index is 0.0954. The summed E-state index contributed by atoms with van der Waals surface area (Å²) in [6.45, 7) is 5.21. The van der Waals surface area contributed by atoms with E-state index in [1.165, 1.54) is 5.56 Å². The number of nitrogens with two attached hydrogens (primary N) is 1. The summed E-state index contributed by atoms with van der Waals surface area (Å²) in [6, 6.07) is 10.4. The normalized spacial score (nSPS) is 21.7. The molecular formula is C15H24N2O. The highest BCUT2D eigenvalue weighted by Gasteiger charge is 2.21. The molecule has 1 aliphatic rings. The van der Waals surface area contributed by atoms with Crippen molar-refractivity contribution >= 4 is 0 Å². The SMILES string of the molecule is CC(CN1CCC(O)CC1)C(N)c1ccccc1. The Bertz CT molecular complexity index is 347. The average Bonchev–Trinajstić information content (AvgIpc) is 2.41. The number of aliphatic hydroxyl groups excluding tert-OH is 1. The van der Waals surface area contributed by atoms with Gasteiger partial charge in [-0.05, 0) is 24.3 Å². The monoisotopic (exact) mass is 248 g/mol. The second kappa shape index (κ2) is 6.32. The predicted octanol–water partition coefficient (Wildman–Crippen LogP) is 1.78. The number of rotatable bonds is 4. The van der Waals surface area contributed by atoms with Crippen molar-refractivity contribution in [3.05, 3.63) is 35.9 Å². The van der Waals surface area contributed by atoms with Crippen LogP contribution in [-0.4, -0.2) is 35.7 Å². The summed E-state index contributed by atoms with van der Waals surface area (Å²) in [6.07, 6.45) is 1.69. The van der Waals surface area contributed by atoms with Crippen LogP contribution in [0.5, 0.6) is 0 Å². The quantitative estimate of drug-likeness (QED) is 0.854. The Morgan fingerprint density at radius 2 is 1.89 bits per heavy atom. The van der Waals surface area contributed by atoms with E-state index in [0.717, 1.165) is 32.5 Å². The number of hydrogen-bond acceptors (Lipinski definition) is 3. The molecule has 0 saturated carbocycles. The van der Waals surface area contributed by atoms with E-state index in [4.69, 9.17) is 5.73 Å². The smallest absolute Gasteiger partial charge is 0.0564 e. The lowest BCUT2D eigenvalue weighted by molar-refractivity contribution is 0.0739. The largest absolute Gasteiger partial charge is 0.393 e. The van der Waals surface area contributed by atoms with E-state index in [1.807, 2.05) is 18.2 Å². The molecule has 2 unspecified atom stereocenters. The second-order valence-corrected chi connectivity index (χ2v) is 5.45. The summed E-state index contributed by atoms with van der Waals surface area (Å²) in [5, 5.41) is 9.50. The number of nitrogens with zero attached hydrogens (tertiary/aromatic N) is 1. The molecule has 3 N–H and O–H groups in total. The Morgan fingerprint density at radius 1 is 1.28 bits per heavy atom. The van der Waals surface area contributed by atoms with Crippen molar-refractivity contribution in [2.24, 2.45) is 11.7 Å². The van der Waals surface area contributed by atoms with Crippen molar-refractivity contribution in [1.29, 1.82) is 0 Å². The van der Waals surface area contributed by atoms with E-state index in [0.29, 0.717) is 5.92 Å². The molecule has 0 aromatic heterocycles. The van der Waals surface area contributed by atoms with Crippen molar-refractivity contribution in [3.8, 4) is 0 Å². The number of aliphatic hydroxyl groups is 1. The molecule has 1 aromatic rings. The van der Waals surface area contributed by atoms with Crippen LogP contribution in [0.4, 0.5) is 0 Å². The van der Waals surface area contributed by atoms with Gasteiger partial charge in [0.1, 0.15) is 0 Å². The van der Waals surface area contributed by atoms with Crippen LogP contribution < -0.4 is 5.73 Å². The first-order valence-electron chi connectivity index (χ1n) is 6.88. The Kier molecular flexibility index (Phi) is 4.75. The summed E-state index contributed by atoms with van der Waals surface area (Å²) >= 11 is 0. The van der Waals surface area contributed by atoms with Crippen molar-refractivity contribution in [1.82, 2.24) is 4.90 Å². The van der Waals surface area contributed by atoms with Crippen LogP contribution in [0.3, 0.4) is 0 Å². The van der Waals surface area contributed by atoms with Crippen molar-refractivity contribution < 1.29 is 5.11 Å². The minimum atomic E-state index is -0.0978. The first-order chi connectivity index (χ1) is 8.66. The number of piperidine rings is 1. The van der Waals surface area contributed by atoms with Crippen molar-refractivity contribution in [3.63, 3.8) is 0 Å². The summed E-state index contributed by atoms with van der Waals surface area (Å²) in [5.74, 6) is 0.433. The molecule has 0 aliphatic carbocycles. The van der Waals surface area contributed by atoms with Crippen LogP contribution in [0.2, 0.25) is 0 Å². The highest BCUT2D eigenvalue weighted by Crippen LogP contribution is 2.21. The van der Waals surface area contributed by atoms with Crippen LogP contribution >= 0.6 is 0 Å². The maximum absolute atomic E-state index is 9.50. The third-order valence-electron chi connectivity index (χ3n) is 3.90. The topological polar surface area (TPSA) is 49.5 Å². The number of benzene rings is 1. The second-order valence-electron chi connectivity index (χ2n) is 5.45. The lowest BCUT2D eigenvalue weighted by Gasteiger charge is -2.33. The standard InChI is InChI=1S/C15H24N2O/c1-12(11-17-9-7-14(18)8-10-17)15(16)13-5-3-2-4-6-13/h2-6,12,14-15,18H,7-11,16H2,1H3. The highest BCUT2D eigenvalue weighted by atomic mass is 16.3. The van der Waals surface area contributed by atoms with Crippen LogP contribution in [0.15, 0.2) is 30.3 Å². The summed E-state index contributed by atoms with van der Waals surface area (Å²) in [7, 11) is 0. The number of likely N-dealkylation sites (tertiary alicyclic amines) is 1. The van der Waals surface area contributed by atoms with E-state index in [9.17, 15) is 5.11 Å². The van der Waals surface area contributed by atoms with Crippen LogP contribution in [-0.2, 0) is 0 Å². The van der Waals surface area contributed by atoms with E-state index in [1.54, 1.807) is 0 Å². The van der Waals surface area contributed by atoms with Crippen LogP contribution in [0.25, 0.3) is 0 Å². The highest BCUT2D eigenvalue weighted by molar-refractivity contribution is 5.19. The van der Waals surface area contributed by atoms with Gasteiger partial charge < -0.3 is 15.7 Å². The molecule has 0 bridgehead atoms. The van der Waals surface area contributed by atoms with E-state index in [2.05, 4.69) is 24.0 Å². The molecule has 1 heterocycles. The predicted molar refractivity (Wildman–Crippen MR) is 74.2 cm³/mol. The van der Waals surface area contributed by atoms with E-state index >= 15 is 0 Å². The van der Waals surface area contributed by atoms with Gasteiger partial charge in [-0.2, -0.15) is 0 Å². The zero-order chi connectivity index (χ0) is 13.0. The Balaban J connectivity index is 1.86. The molecule has 2 rings (SSSR count). The Hall–Kier alpha value is -0.900.